The van der Waals surface area contributed by atoms with Gasteiger partial charge < -0.3 is 5.11 Å². The van der Waals surface area contributed by atoms with Crippen LogP contribution in [0.3, 0.4) is 0 Å². The van der Waals surface area contributed by atoms with Gasteiger partial charge >= 0.3 is 5.97 Å². The van der Waals surface area contributed by atoms with Gasteiger partial charge in [0.15, 0.2) is 0 Å². The number of hydrogen-bond acceptors (Lipinski definition) is 2. The highest BCUT2D eigenvalue weighted by Crippen LogP contribution is 2.28. The van der Waals surface area contributed by atoms with Crippen molar-refractivity contribution in [1.29, 1.82) is 0 Å². The van der Waals surface area contributed by atoms with Crippen molar-refractivity contribution in [3.8, 4) is 22.4 Å². The number of nitrogens with zero attached hydrogens (tertiary/aromatic N) is 1. The topological polar surface area (TPSA) is 66.0 Å². The molecule has 1 heterocycles. The van der Waals surface area contributed by atoms with Crippen LogP contribution in [0.4, 0.5) is 0 Å². The number of aromatic amines is 1. The van der Waals surface area contributed by atoms with Gasteiger partial charge in [0.1, 0.15) is 0 Å². The Hall–Kier alpha value is -2.59. The number of nitrogens with one attached hydrogen (secondary N) is 1. The number of halogens is 1. The average molecular weight is 299 g/mol. The SMILES string of the molecule is O=C(O)c1cc(-c2cccc(-c3ccn[nH]3)c2)ccc1Cl. The molecule has 0 aliphatic heterocycles. The average Bonchev–Trinajstić information content (AvgIpc) is 3.02. The van der Waals surface area contributed by atoms with Gasteiger partial charge in [0.05, 0.1) is 16.3 Å². The third kappa shape index (κ3) is 2.66. The minimum atomic E-state index is -1.04. The van der Waals surface area contributed by atoms with E-state index >= 15 is 0 Å². The maximum atomic E-state index is 11.2. The van der Waals surface area contributed by atoms with Gasteiger partial charge in [-0.3, -0.25) is 5.10 Å². The molecule has 5 heteroatoms. The second-order valence-electron chi connectivity index (χ2n) is 4.55. The first-order chi connectivity index (χ1) is 10.1. The number of benzene rings is 2. The van der Waals surface area contributed by atoms with Gasteiger partial charge in [0.25, 0.3) is 0 Å². The van der Waals surface area contributed by atoms with Crippen molar-refractivity contribution in [1.82, 2.24) is 10.2 Å². The van der Waals surface area contributed by atoms with E-state index in [-0.39, 0.29) is 10.6 Å². The van der Waals surface area contributed by atoms with Crippen molar-refractivity contribution in [2.75, 3.05) is 0 Å². The summed E-state index contributed by atoms with van der Waals surface area (Å²) < 4.78 is 0. The highest BCUT2D eigenvalue weighted by molar-refractivity contribution is 6.33. The summed E-state index contributed by atoms with van der Waals surface area (Å²) >= 11 is 5.90. The fourth-order valence-electron chi connectivity index (χ4n) is 2.15. The molecule has 104 valence electrons. The number of aromatic carboxylic acids is 1. The van der Waals surface area contributed by atoms with Crippen LogP contribution >= 0.6 is 11.6 Å². The summed E-state index contributed by atoms with van der Waals surface area (Å²) in [6.45, 7) is 0. The number of hydrogen-bond donors (Lipinski definition) is 2. The molecule has 21 heavy (non-hydrogen) atoms. The molecule has 0 aliphatic rings. The molecular formula is C16H11ClN2O2. The second-order valence-corrected chi connectivity index (χ2v) is 4.96. The Morgan fingerprint density at radius 2 is 1.81 bits per heavy atom. The number of H-pyrrole nitrogens is 1. The standard InChI is InChI=1S/C16H11ClN2O2/c17-14-5-4-11(9-13(14)16(20)21)10-2-1-3-12(8-10)15-6-7-18-19-15/h1-9H,(H,18,19)(H,20,21). The van der Waals surface area contributed by atoms with E-state index in [1.165, 1.54) is 0 Å². The minimum absolute atomic E-state index is 0.0983. The smallest absolute Gasteiger partial charge is 0.337 e. The number of carboxylic acid groups (broad SMARTS) is 1. The molecule has 0 fully saturated rings. The van der Waals surface area contributed by atoms with Crippen LogP contribution in [-0.4, -0.2) is 21.3 Å². The molecule has 0 unspecified atom stereocenters. The fraction of sp³-hybridized carbons (Fsp3) is 0. The molecule has 3 rings (SSSR count). The van der Waals surface area contributed by atoms with Crippen LogP contribution < -0.4 is 0 Å². The molecule has 1 aromatic heterocycles. The summed E-state index contributed by atoms with van der Waals surface area (Å²) in [6.07, 6.45) is 1.69. The van der Waals surface area contributed by atoms with Gasteiger partial charge in [-0.2, -0.15) is 5.10 Å². The lowest BCUT2D eigenvalue weighted by molar-refractivity contribution is 0.0697. The molecule has 0 spiro atoms. The Kier molecular flexibility index (Phi) is 3.46. The van der Waals surface area contributed by atoms with E-state index in [1.54, 1.807) is 24.4 Å². The van der Waals surface area contributed by atoms with Crippen molar-refractivity contribution in [3.63, 3.8) is 0 Å². The Bertz CT molecular complexity index is 798. The zero-order valence-electron chi connectivity index (χ0n) is 10.9. The number of carboxylic acids is 1. The van der Waals surface area contributed by atoms with E-state index < -0.39 is 5.97 Å². The van der Waals surface area contributed by atoms with Crippen LogP contribution in [0.2, 0.25) is 5.02 Å². The molecule has 0 atom stereocenters. The van der Waals surface area contributed by atoms with Gasteiger partial charge in [-0.15, -0.1) is 0 Å². The van der Waals surface area contributed by atoms with Gasteiger partial charge in [-0.05, 0) is 35.4 Å². The Balaban J connectivity index is 2.07. The summed E-state index contributed by atoms with van der Waals surface area (Å²) in [6, 6.07) is 14.6. The zero-order valence-corrected chi connectivity index (χ0v) is 11.6. The maximum Gasteiger partial charge on any atom is 0.337 e. The van der Waals surface area contributed by atoms with Crippen molar-refractivity contribution >= 4 is 17.6 Å². The first-order valence-electron chi connectivity index (χ1n) is 6.28. The molecule has 4 nitrogen and oxygen atoms in total. The highest BCUT2D eigenvalue weighted by atomic mass is 35.5. The lowest BCUT2D eigenvalue weighted by atomic mass is 10.00. The predicted molar refractivity (Wildman–Crippen MR) is 81.4 cm³/mol. The van der Waals surface area contributed by atoms with E-state index in [2.05, 4.69) is 10.2 Å². The third-order valence-corrected chi connectivity index (χ3v) is 3.53. The van der Waals surface area contributed by atoms with E-state index in [0.717, 1.165) is 22.4 Å². The van der Waals surface area contributed by atoms with Crippen LogP contribution in [0, 0.1) is 0 Å². The summed E-state index contributed by atoms with van der Waals surface area (Å²) in [7, 11) is 0. The van der Waals surface area contributed by atoms with Crippen molar-refractivity contribution in [3.05, 3.63) is 65.3 Å². The lowest BCUT2D eigenvalue weighted by Crippen LogP contribution is -1.97. The summed E-state index contributed by atoms with van der Waals surface area (Å²) in [5.74, 6) is -1.04. The summed E-state index contributed by atoms with van der Waals surface area (Å²) in [5, 5.41) is 16.2. The first-order valence-corrected chi connectivity index (χ1v) is 6.66. The van der Waals surface area contributed by atoms with Crippen molar-refractivity contribution in [2.24, 2.45) is 0 Å². The number of rotatable bonds is 3. The summed E-state index contributed by atoms with van der Waals surface area (Å²) in [5.41, 5.74) is 3.71. The molecule has 2 N–H and O–H groups in total. The maximum absolute atomic E-state index is 11.2. The largest absolute Gasteiger partial charge is 0.478 e. The Morgan fingerprint density at radius 3 is 2.52 bits per heavy atom. The van der Waals surface area contributed by atoms with E-state index in [4.69, 9.17) is 16.7 Å². The Labute approximate surface area is 126 Å². The highest BCUT2D eigenvalue weighted by Gasteiger charge is 2.10. The van der Waals surface area contributed by atoms with Gasteiger partial charge in [-0.1, -0.05) is 35.9 Å². The van der Waals surface area contributed by atoms with E-state index in [1.807, 2.05) is 30.3 Å². The molecule has 0 amide bonds. The van der Waals surface area contributed by atoms with E-state index in [0.29, 0.717) is 0 Å². The molecule has 3 aromatic rings. The quantitative estimate of drug-likeness (QED) is 0.765. The normalized spacial score (nSPS) is 10.5. The molecule has 2 aromatic carbocycles. The van der Waals surface area contributed by atoms with E-state index in [9.17, 15) is 4.79 Å². The van der Waals surface area contributed by atoms with Crippen LogP contribution in [0.15, 0.2) is 54.7 Å². The molecule has 0 saturated heterocycles. The van der Waals surface area contributed by atoms with Crippen molar-refractivity contribution < 1.29 is 9.90 Å². The molecular weight excluding hydrogens is 288 g/mol. The van der Waals surface area contributed by atoms with Gasteiger partial charge in [0, 0.05) is 11.8 Å². The summed E-state index contributed by atoms with van der Waals surface area (Å²) in [4.78, 5) is 11.2. The van der Waals surface area contributed by atoms with Gasteiger partial charge in [0.2, 0.25) is 0 Å². The van der Waals surface area contributed by atoms with Crippen molar-refractivity contribution in [2.45, 2.75) is 0 Å². The van der Waals surface area contributed by atoms with Gasteiger partial charge in [-0.25, -0.2) is 4.79 Å². The minimum Gasteiger partial charge on any atom is -0.478 e. The molecule has 0 radical (unpaired) electrons. The molecule has 0 bridgehead atoms. The molecule has 0 aliphatic carbocycles. The zero-order chi connectivity index (χ0) is 14.8. The predicted octanol–water partition coefficient (Wildman–Crippen LogP) is 4.10. The van der Waals surface area contributed by atoms with Crippen LogP contribution in [0.5, 0.6) is 0 Å². The first kappa shape index (κ1) is 13.4. The Morgan fingerprint density at radius 1 is 1.05 bits per heavy atom. The lowest BCUT2D eigenvalue weighted by Gasteiger charge is -2.07. The van der Waals surface area contributed by atoms with Crippen LogP contribution in [0.25, 0.3) is 22.4 Å². The third-order valence-electron chi connectivity index (χ3n) is 3.20. The number of carbonyl (C=O) groups is 1. The van der Waals surface area contributed by atoms with Crippen LogP contribution in [0.1, 0.15) is 10.4 Å². The monoisotopic (exact) mass is 298 g/mol. The van der Waals surface area contributed by atoms with Crippen LogP contribution in [-0.2, 0) is 0 Å². The number of aromatic nitrogens is 2. The molecule has 0 saturated carbocycles. The second kappa shape index (κ2) is 5.42. The fourth-order valence-corrected chi connectivity index (χ4v) is 2.35.